The molecule has 1 rings (SSSR count). The van der Waals surface area contributed by atoms with Crippen molar-refractivity contribution in [2.45, 2.75) is 39.7 Å². The molecule has 0 bridgehead atoms. The van der Waals surface area contributed by atoms with Crippen molar-refractivity contribution < 1.29 is 19.4 Å². The van der Waals surface area contributed by atoms with Gasteiger partial charge < -0.3 is 15.2 Å². The number of methoxy groups -OCH3 is 1. The third-order valence-corrected chi connectivity index (χ3v) is 3.63. The lowest BCUT2D eigenvalue weighted by atomic mass is 9.99. The van der Waals surface area contributed by atoms with Crippen LogP contribution < -0.4 is 10.1 Å². The van der Waals surface area contributed by atoms with Crippen LogP contribution in [0.3, 0.4) is 0 Å². The van der Waals surface area contributed by atoms with Crippen molar-refractivity contribution in [1.82, 2.24) is 5.32 Å². The van der Waals surface area contributed by atoms with Gasteiger partial charge in [-0.1, -0.05) is 32.4 Å². The Labute approximate surface area is 125 Å². The molecule has 0 radical (unpaired) electrons. The highest BCUT2D eigenvalue weighted by molar-refractivity contribution is 5.85. The summed E-state index contributed by atoms with van der Waals surface area (Å²) in [6.45, 7) is 5.64. The first-order valence-electron chi connectivity index (χ1n) is 7.04. The van der Waals surface area contributed by atoms with E-state index in [1.165, 1.54) is 0 Å². The molecule has 1 aromatic rings. The highest BCUT2D eigenvalue weighted by atomic mass is 16.5. The monoisotopic (exact) mass is 293 g/mol. The van der Waals surface area contributed by atoms with E-state index in [1.807, 2.05) is 32.9 Å². The smallest absolute Gasteiger partial charge is 0.326 e. The molecule has 0 fully saturated rings. The maximum absolute atomic E-state index is 12.0. The SMILES string of the molecule is CCC(C)[C@H](NC(=O)Cc1ccc(C)c(OC)c1)C(=O)O. The van der Waals surface area contributed by atoms with E-state index in [0.29, 0.717) is 6.42 Å². The molecule has 21 heavy (non-hydrogen) atoms. The van der Waals surface area contributed by atoms with Crippen molar-refractivity contribution in [3.63, 3.8) is 0 Å². The second-order valence-electron chi connectivity index (χ2n) is 5.25. The Balaban J connectivity index is 2.74. The fraction of sp³-hybridized carbons (Fsp3) is 0.500. The molecule has 0 aliphatic heterocycles. The zero-order chi connectivity index (χ0) is 16.0. The van der Waals surface area contributed by atoms with E-state index >= 15 is 0 Å². The van der Waals surface area contributed by atoms with Crippen LogP contribution in [0.5, 0.6) is 5.75 Å². The number of aryl methyl sites for hydroxylation is 1. The molecule has 1 amide bonds. The van der Waals surface area contributed by atoms with Crippen molar-refractivity contribution in [2.75, 3.05) is 7.11 Å². The van der Waals surface area contributed by atoms with Gasteiger partial charge in [-0.3, -0.25) is 4.79 Å². The van der Waals surface area contributed by atoms with Gasteiger partial charge in [0.05, 0.1) is 13.5 Å². The molecule has 0 aliphatic carbocycles. The number of carboxylic acid groups (broad SMARTS) is 1. The van der Waals surface area contributed by atoms with Crippen molar-refractivity contribution in [3.05, 3.63) is 29.3 Å². The molecule has 5 heteroatoms. The van der Waals surface area contributed by atoms with Gasteiger partial charge in [0.2, 0.25) is 5.91 Å². The van der Waals surface area contributed by atoms with Crippen LogP contribution in [0.2, 0.25) is 0 Å². The number of amides is 1. The maximum atomic E-state index is 12.0. The van der Waals surface area contributed by atoms with Gasteiger partial charge in [-0.2, -0.15) is 0 Å². The number of aliphatic carboxylic acids is 1. The van der Waals surface area contributed by atoms with Crippen LogP contribution in [0.25, 0.3) is 0 Å². The maximum Gasteiger partial charge on any atom is 0.326 e. The molecule has 116 valence electrons. The summed E-state index contributed by atoms with van der Waals surface area (Å²) < 4.78 is 5.22. The van der Waals surface area contributed by atoms with Gasteiger partial charge >= 0.3 is 5.97 Å². The second kappa shape index (κ2) is 7.67. The lowest BCUT2D eigenvalue weighted by Crippen LogP contribution is -2.45. The summed E-state index contributed by atoms with van der Waals surface area (Å²) in [7, 11) is 1.58. The number of hydrogen-bond acceptors (Lipinski definition) is 3. The number of carbonyl (C=O) groups is 2. The number of ether oxygens (including phenoxy) is 1. The Kier molecular flexibility index (Phi) is 6.21. The van der Waals surface area contributed by atoms with Crippen LogP contribution in [0.15, 0.2) is 18.2 Å². The summed E-state index contributed by atoms with van der Waals surface area (Å²) in [4.78, 5) is 23.2. The average molecular weight is 293 g/mol. The van der Waals surface area contributed by atoms with Gasteiger partial charge in [-0.15, -0.1) is 0 Å². The van der Waals surface area contributed by atoms with Gasteiger partial charge in [0.25, 0.3) is 0 Å². The number of nitrogens with one attached hydrogen (secondary N) is 1. The van der Waals surface area contributed by atoms with Gasteiger partial charge in [-0.25, -0.2) is 4.79 Å². The molecule has 1 unspecified atom stereocenters. The van der Waals surface area contributed by atoms with Crippen LogP contribution in [-0.4, -0.2) is 30.1 Å². The second-order valence-corrected chi connectivity index (χ2v) is 5.25. The van der Waals surface area contributed by atoms with Gasteiger partial charge in [0.1, 0.15) is 11.8 Å². The molecule has 5 nitrogen and oxygen atoms in total. The minimum absolute atomic E-state index is 0.112. The van der Waals surface area contributed by atoms with Crippen molar-refractivity contribution in [1.29, 1.82) is 0 Å². The standard InChI is InChI=1S/C16H23NO4/c1-5-10(2)15(16(19)20)17-14(18)9-12-7-6-11(3)13(8-12)21-4/h6-8,10,15H,5,9H2,1-4H3,(H,17,18)(H,19,20)/t10?,15-/m0/s1. The summed E-state index contributed by atoms with van der Waals surface area (Å²) in [5, 5.41) is 11.8. The summed E-state index contributed by atoms with van der Waals surface area (Å²) in [5.41, 5.74) is 1.79. The van der Waals surface area contributed by atoms with E-state index in [2.05, 4.69) is 5.32 Å². The Morgan fingerprint density at radius 1 is 1.38 bits per heavy atom. The number of benzene rings is 1. The molecular weight excluding hydrogens is 270 g/mol. The van der Waals surface area contributed by atoms with Crippen LogP contribution in [0, 0.1) is 12.8 Å². The Bertz CT molecular complexity index is 513. The summed E-state index contributed by atoms with van der Waals surface area (Å²) >= 11 is 0. The van der Waals surface area contributed by atoms with Gasteiger partial charge in [-0.05, 0) is 30.0 Å². The highest BCUT2D eigenvalue weighted by Gasteiger charge is 2.25. The van der Waals surface area contributed by atoms with E-state index in [4.69, 9.17) is 4.74 Å². The molecule has 0 saturated heterocycles. The molecule has 0 heterocycles. The first-order valence-corrected chi connectivity index (χ1v) is 7.04. The first kappa shape index (κ1) is 17.0. The molecule has 0 aliphatic rings. The lowest BCUT2D eigenvalue weighted by Gasteiger charge is -2.20. The van der Waals surface area contributed by atoms with E-state index in [0.717, 1.165) is 16.9 Å². The fourth-order valence-electron chi connectivity index (χ4n) is 2.07. The van der Waals surface area contributed by atoms with Crippen molar-refractivity contribution in [2.24, 2.45) is 5.92 Å². The van der Waals surface area contributed by atoms with E-state index in [-0.39, 0.29) is 18.2 Å². The zero-order valence-electron chi connectivity index (χ0n) is 13.0. The average Bonchev–Trinajstić information content (AvgIpc) is 2.45. The molecule has 0 aromatic heterocycles. The van der Waals surface area contributed by atoms with Crippen molar-refractivity contribution >= 4 is 11.9 Å². The topological polar surface area (TPSA) is 75.6 Å². The normalized spacial score (nSPS) is 13.3. The van der Waals surface area contributed by atoms with Crippen LogP contribution in [0.4, 0.5) is 0 Å². The first-order chi connectivity index (χ1) is 9.88. The molecule has 1 aromatic carbocycles. The third-order valence-electron chi connectivity index (χ3n) is 3.63. The summed E-state index contributed by atoms with van der Waals surface area (Å²) in [6, 6.07) is 4.67. The Hall–Kier alpha value is -2.04. The molecular formula is C16H23NO4. The largest absolute Gasteiger partial charge is 0.496 e. The predicted molar refractivity (Wildman–Crippen MR) is 80.5 cm³/mol. The minimum Gasteiger partial charge on any atom is -0.496 e. The van der Waals surface area contributed by atoms with Crippen molar-refractivity contribution in [3.8, 4) is 5.75 Å². The van der Waals surface area contributed by atoms with Crippen LogP contribution in [-0.2, 0) is 16.0 Å². The lowest BCUT2D eigenvalue weighted by molar-refractivity contribution is -0.143. The van der Waals surface area contributed by atoms with E-state index in [9.17, 15) is 14.7 Å². The summed E-state index contributed by atoms with van der Waals surface area (Å²) in [6.07, 6.45) is 0.826. The third kappa shape index (κ3) is 4.77. The highest BCUT2D eigenvalue weighted by Crippen LogP contribution is 2.19. The van der Waals surface area contributed by atoms with Crippen LogP contribution in [0.1, 0.15) is 31.4 Å². The summed E-state index contributed by atoms with van der Waals surface area (Å²) in [5.74, 6) is -0.691. The number of carbonyl (C=O) groups excluding carboxylic acids is 1. The minimum atomic E-state index is -1.00. The number of hydrogen-bond donors (Lipinski definition) is 2. The fourth-order valence-corrected chi connectivity index (χ4v) is 2.07. The van der Waals surface area contributed by atoms with Gasteiger partial charge in [0, 0.05) is 0 Å². The van der Waals surface area contributed by atoms with E-state index in [1.54, 1.807) is 13.2 Å². The molecule has 2 atom stereocenters. The quantitative estimate of drug-likeness (QED) is 0.808. The molecule has 0 saturated carbocycles. The van der Waals surface area contributed by atoms with Gasteiger partial charge in [0.15, 0.2) is 0 Å². The number of carboxylic acids is 1. The van der Waals surface area contributed by atoms with Crippen LogP contribution >= 0.6 is 0 Å². The van der Waals surface area contributed by atoms with E-state index < -0.39 is 12.0 Å². The predicted octanol–water partition coefficient (Wildman–Crippen LogP) is 2.16. The Morgan fingerprint density at radius 3 is 2.57 bits per heavy atom. The zero-order valence-corrected chi connectivity index (χ0v) is 13.0. The Morgan fingerprint density at radius 2 is 2.05 bits per heavy atom. The number of rotatable bonds is 7. The molecule has 0 spiro atoms. The molecule has 2 N–H and O–H groups in total.